The Bertz CT molecular complexity index is 720. The minimum atomic E-state index is 0.839. The lowest BCUT2D eigenvalue weighted by Crippen LogP contribution is -2.39. The van der Waals surface area contributed by atoms with Gasteiger partial charge in [0.2, 0.25) is 0 Å². The second kappa shape index (κ2) is 8.79. The lowest BCUT2D eigenvalue weighted by molar-refractivity contribution is 0.0398. The van der Waals surface area contributed by atoms with Gasteiger partial charge in [-0.05, 0) is 46.5 Å². The number of rotatable bonds is 8. The van der Waals surface area contributed by atoms with E-state index in [2.05, 4.69) is 57.6 Å². The molecule has 1 N–H and O–H groups in total. The molecule has 0 amide bonds. The predicted octanol–water partition coefficient (Wildman–Crippen LogP) is 1.74. The van der Waals surface area contributed by atoms with Crippen LogP contribution in [-0.2, 0) is 11.3 Å². The molecular weight excluding hydrogens is 328 g/mol. The standard InChI is InChI=1S/C19H32N6O/c1-15-16(2)25(8-5-7-23(3)4)19-17(15)18(21-14-22-19)20-6-9-24-10-12-26-13-11-24/h14H,5-13H2,1-4H3,(H,20,21,22). The van der Waals surface area contributed by atoms with Crippen LogP contribution in [0.1, 0.15) is 17.7 Å². The van der Waals surface area contributed by atoms with Gasteiger partial charge in [0, 0.05) is 38.4 Å². The molecule has 7 heteroatoms. The van der Waals surface area contributed by atoms with E-state index in [1.807, 2.05) is 0 Å². The van der Waals surface area contributed by atoms with Crippen molar-refractivity contribution in [1.29, 1.82) is 0 Å². The second-order valence-corrected chi connectivity index (χ2v) is 7.32. The molecule has 0 spiro atoms. The number of nitrogens with one attached hydrogen (secondary N) is 1. The number of aromatic nitrogens is 3. The third-order valence-corrected chi connectivity index (χ3v) is 5.22. The van der Waals surface area contributed by atoms with Crippen LogP contribution in [0, 0.1) is 13.8 Å². The highest BCUT2D eigenvalue weighted by molar-refractivity contribution is 5.91. The maximum absolute atomic E-state index is 5.41. The van der Waals surface area contributed by atoms with Gasteiger partial charge >= 0.3 is 0 Å². The first-order chi connectivity index (χ1) is 12.6. The molecule has 26 heavy (non-hydrogen) atoms. The lowest BCUT2D eigenvalue weighted by Gasteiger charge is -2.26. The van der Waals surface area contributed by atoms with E-state index < -0.39 is 0 Å². The zero-order valence-electron chi connectivity index (χ0n) is 16.6. The average molecular weight is 361 g/mol. The summed E-state index contributed by atoms with van der Waals surface area (Å²) in [4.78, 5) is 13.8. The summed E-state index contributed by atoms with van der Waals surface area (Å²) in [6.07, 6.45) is 2.79. The molecule has 1 saturated heterocycles. The Morgan fingerprint density at radius 1 is 1.15 bits per heavy atom. The van der Waals surface area contributed by atoms with Crippen LogP contribution < -0.4 is 5.32 Å². The second-order valence-electron chi connectivity index (χ2n) is 7.32. The van der Waals surface area contributed by atoms with Crippen LogP contribution in [0.4, 0.5) is 5.82 Å². The Morgan fingerprint density at radius 2 is 1.92 bits per heavy atom. The number of morpholine rings is 1. The van der Waals surface area contributed by atoms with Gasteiger partial charge in [-0.3, -0.25) is 4.90 Å². The van der Waals surface area contributed by atoms with Gasteiger partial charge in [0.15, 0.2) is 0 Å². The quantitative estimate of drug-likeness (QED) is 0.774. The highest BCUT2D eigenvalue weighted by Crippen LogP contribution is 2.28. The highest BCUT2D eigenvalue weighted by Gasteiger charge is 2.16. The Labute approximate surface area is 156 Å². The molecule has 1 fully saturated rings. The maximum Gasteiger partial charge on any atom is 0.145 e. The van der Waals surface area contributed by atoms with Crippen molar-refractivity contribution >= 4 is 16.9 Å². The smallest absolute Gasteiger partial charge is 0.145 e. The molecule has 0 aromatic carbocycles. The first-order valence-electron chi connectivity index (χ1n) is 9.57. The molecule has 0 saturated carbocycles. The average Bonchev–Trinajstić information content (AvgIpc) is 2.88. The fraction of sp³-hybridized carbons (Fsp3) is 0.684. The molecule has 0 unspecified atom stereocenters. The van der Waals surface area contributed by atoms with Gasteiger partial charge in [0.05, 0.1) is 18.6 Å². The van der Waals surface area contributed by atoms with Gasteiger partial charge < -0.3 is 19.5 Å². The summed E-state index contributed by atoms with van der Waals surface area (Å²) in [6, 6.07) is 0. The van der Waals surface area contributed by atoms with Gasteiger partial charge in [0.25, 0.3) is 0 Å². The van der Waals surface area contributed by atoms with Gasteiger partial charge in [-0.2, -0.15) is 0 Å². The predicted molar refractivity (Wildman–Crippen MR) is 106 cm³/mol. The van der Waals surface area contributed by atoms with Crippen LogP contribution >= 0.6 is 0 Å². The summed E-state index contributed by atoms with van der Waals surface area (Å²) in [5, 5.41) is 4.70. The molecule has 3 rings (SSSR count). The minimum absolute atomic E-state index is 0.839. The van der Waals surface area contributed by atoms with E-state index in [9.17, 15) is 0 Å². The number of hydrogen-bond acceptors (Lipinski definition) is 6. The van der Waals surface area contributed by atoms with E-state index in [-0.39, 0.29) is 0 Å². The van der Waals surface area contributed by atoms with Crippen molar-refractivity contribution in [2.24, 2.45) is 0 Å². The van der Waals surface area contributed by atoms with Crippen molar-refractivity contribution in [2.75, 3.05) is 65.3 Å². The molecule has 1 aliphatic rings. The number of nitrogens with zero attached hydrogens (tertiary/aromatic N) is 5. The summed E-state index contributed by atoms with van der Waals surface area (Å²) >= 11 is 0. The number of fused-ring (bicyclic) bond motifs is 1. The SMILES string of the molecule is Cc1c(C)n(CCCN(C)C)c2ncnc(NCCN3CCOCC3)c12. The fourth-order valence-electron chi connectivity index (χ4n) is 3.58. The summed E-state index contributed by atoms with van der Waals surface area (Å²) < 4.78 is 7.75. The molecule has 7 nitrogen and oxygen atoms in total. The minimum Gasteiger partial charge on any atom is -0.379 e. The topological polar surface area (TPSA) is 58.5 Å². The van der Waals surface area contributed by atoms with Crippen LogP contribution in [0.3, 0.4) is 0 Å². The first kappa shape index (κ1) is 19.1. The van der Waals surface area contributed by atoms with E-state index in [1.165, 1.54) is 11.3 Å². The molecule has 0 atom stereocenters. The summed E-state index contributed by atoms with van der Waals surface area (Å²) in [5.74, 6) is 0.954. The first-order valence-corrected chi connectivity index (χ1v) is 9.57. The van der Waals surface area contributed by atoms with Gasteiger partial charge in [-0.15, -0.1) is 0 Å². The molecule has 2 aromatic heterocycles. The third-order valence-electron chi connectivity index (χ3n) is 5.22. The van der Waals surface area contributed by atoms with Crippen molar-refractivity contribution in [1.82, 2.24) is 24.3 Å². The van der Waals surface area contributed by atoms with Crippen LogP contribution in [-0.4, -0.2) is 84.4 Å². The normalized spacial score (nSPS) is 15.9. The van der Waals surface area contributed by atoms with Crippen molar-refractivity contribution < 1.29 is 4.74 Å². The fourth-order valence-corrected chi connectivity index (χ4v) is 3.58. The highest BCUT2D eigenvalue weighted by atomic mass is 16.5. The number of hydrogen-bond donors (Lipinski definition) is 1. The van der Waals surface area contributed by atoms with Crippen LogP contribution in [0.5, 0.6) is 0 Å². The van der Waals surface area contributed by atoms with Crippen LogP contribution in [0.2, 0.25) is 0 Å². The molecule has 1 aliphatic heterocycles. The summed E-state index contributed by atoms with van der Waals surface area (Å²) in [5.41, 5.74) is 3.61. The van der Waals surface area contributed by atoms with Crippen molar-refractivity contribution in [2.45, 2.75) is 26.8 Å². The van der Waals surface area contributed by atoms with E-state index in [4.69, 9.17) is 4.74 Å². The van der Waals surface area contributed by atoms with E-state index >= 15 is 0 Å². The largest absolute Gasteiger partial charge is 0.379 e. The molecule has 0 radical (unpaired) electrons. The molecule has 3 heterocycles. The number of aryl methyl sites for hydroxylation is 2. The van der Waals surface area contributed by atoms with Crippen molar-refractivity contribution in [3.05, 3.63) is 17.6 Å². The van der Waals surface area contributed by atoms with Crippen molar-refractivity contribution in [3.63, 3.8) is 0 Å². The Balaban J connectivity index is 1.72. The van der Waals surface area contributed by atoms with Gasteiger partial charge in [-0.25, -0.2) is 9.97 Å². The Hall–Kier alpha value is -1.70. The Morgan fingerprint density at radius 3 is 2.65 bits per heavy atom. The van der Waals surface area contributed by atoms with Gasteiger partial charge in [0.1, 0.15) is 17.8 Å². The molecular formula is C19H32N6O. The zero-order valence-corrected chi connectivity index (χ0v) is 16.6. The van der Waals surface area contributed by atoms with Crippen LogP contribution in [0.15, 0.2) is 6.33 Å². The lowest BCUT2D eigenvalue weighted by atomic mass is 10.2. The molecule has 0 bridgehead atoms. The number of ether oxygens (including phenoxy) is 1. The monoisotopic (exact) mass is 360 g/mol. The van der Waals surface area contributed by atoms with Crippen molar-refractivity contribution in [3.8, 4) is 0 Å². The number of anilines is 1. The zero-order chi connectivity index (χ0) is 18.5. The maximum atomic E-state index is 5.41. The van der Waals surface area contributed by atoms with Gasteiger partial charge in [-0.1, -0.05) is 0 Å². The van der Waals surface area contributed by atoms with E-state index in [0.29, 0.717) is 0 Å². The van der Waals surface area contributed by atoms with Crippen LogP contribution in [0.25, 0.3) is 11.0 Å². The molecule has 144 valence electrons. The summed E-state index contributed by atoms with van der Waals surface area (Å²) in [6.45, 7) is 12.0. The Kier molecular flexibility index (Phi) is 6.45. The van der Waals surface area contributed by atoms with E-state index in [1.54, 1.807) is 6.33 Å². The third kappa shape index (κ3) is 4.34. The molecule has 0 aliphatic carbocycles. The molecule has 2 aromatic rings. The summed E-state index contributed by atoms with van der Waals surface area (Å²) in [7, 11) is 4.23. The van der Waals surface area contributed by atoms with E-state index in [0.717, 1.165) is 75.8 Å².